The van der Waals surface area contributed by atoms with Gasteiger partial charge in [0.05, 0.1) is 19.8 Å². The van der Waals surface area contributed by atoms with Gasteiger partial charge in [-0.25, -0.2) is 14.4 Å². The number of carbonyl (C=O) groups is 3. The maximum atomic E-state index is 9.95. The molecule has 0 aliphatic rings. The van der Waals surface area contributed by atoms with Gasteiger partial charge in [0.2, 0.25) is 0 Å². The van der Waals surface area contributed by atoms with Crippen LogP contribution in [0.4, 0.5) is 0 Å². The lowest BCUT2D eigenvalue weighted by Crippen LogP contribution is -2.72. The van der Waals surface area contributed by atoms with E-state index in [1.165, 1.54) is 0 Å². The molecule has 0 rings (SSSR count). The van der Waals surface area contributed by atoms with Gasteiger partial charge in [-0.15, -0.1) is 0 Å². The number of carboxylic acids is 3. The first-order valence-electron chi connectivity index (χ1n) is 12.9. The van der Waals surface area contributed by atoms with E-state index in [9.17, 15) is 29.7 Å². The molecule has 6 N–H and O–H groups in total. The Morgan fingerprint density at radius 2 is 0.744 bits per heavy atom. The first-order valence-corrected chi connectivity index (χ1v) is 12.9. The van der Waals surface area contributed by atoms with Crippen LogP contribution in [0.2, 0.25) is 0 Å². The molecule has 0 saturated heterocycles. The van der Waals surface area contributed by atoms with Crippen LogP contribution in [0.15, 0.2) is 38.0 Å². The Balaban J connectivity index is -0.000000330. The molecule has 39 heavy (non-hydrogen) atoms. The predicted octanol–water partition coefficient (Wildman–Crippen LogP) is 1.79. The fraction of sp³-hybridized carbons (Fsp3) is 0.667. The van der Waals surface area contributed by atoms with Crippen molar-refractivity contribution in [2.24, 2.45) is 5.41 Å². The van der Waals surface area contributed by atoms with E-state index in [-0.39, 0.29) is 19.8 Å². The number of aliphatic carboxylic acids is 3. The van der Waals surface area contributed by atoms with Crippen molar-refractivity contribution >= 4 is 17.9 Å². The SMILES string of the molecule is C=CC(=O)O.C=CC(=O)O.C=CC(=O)O.CCN(CC)C(CC(CO)(CO)CO)(N(CC)CC)N(CC)CC. The van der Waals surface area contributed by atoms with Crippen LogP contribution in [0, 0.1) is 5.41 Å². The number of hydrogen-bond donors (Lipinski definition) is 6. The summed E-state index contributed by atoms with van der Waals surface area (Å²) in [7, 11) is 0. The normalized spacial score (nSPS) is 10.8. The summed E-state index contributed by atoms with van der Waals surface area (Å²) in [4.78, 5) is 34.9. The topological polar surface area (TPSA) is 182 Å². The monoisotopic (exact) mass is 563 g/mol. The number of aliphatic hydroxyl groups excluding tert-OH is 3. The number of nitrogens with zero attached hydrogens (tertiary/aromatic N) is 3. The Morgan fingerprint density at radius 3 is 0.846 bits per heavy atom. The molecule has 0 atom stereocenters. The largest absolute Gasteiger partial charge is 0.478 e. The average molecular weight is 564 g/mol. The molecule has 230 valence electrons. The highest BCUT2D eigenvalue weighted by Crippen LogP contribution is 2.37. The van der Waals surface area contributed by atoms with Crippen LogP contribution < -0.4 is 0 Å². The van der Waals surface area contributed by atoms with E-state index >= 15 is 0 Å². The third kappa shape index (κ3) is 16.9. The summed E-state index contributed by atoms with van der Waals surface area (Å²) in [5, 5.41) is 52.7. The molecule has 0 aliphatic carbocycles. The zero-order chi connectivity index (χ0) is 31.7. The van der Waals surface area contributed by atoms with Gasteiger partial charge in [-0.05, 0) is 39.3 Å². The summed E-state index contributed by atoms with van der Waals surface area (Å²) in [5.41, 5.74) is -0.909. The summed E-state index contributed by atoms with van der Waals surface area (Å²) in [5.74, 6) is -3.38. The van der Waals surface area contributed by atoms with Gasteiger partial charge >= 0.3 is 17.9 Å². The van der Waals surface area contributed by atoms with Crippen LogP contribution in [0.5, 0.6) is 0 Å². The van der Waals surface area contributed by atoms with E-state index in [4.69, 9.17) is 15.3 Å². The van der Waals surface area contributed by atoms with Crippen molar-refractivity contribution in [2.75, 3.05) is 59.1 Å². The third-order valence-electron chi connectivity index (χ3n) is 5.95. The van der Waals surface area contributed by atoms with Crippen LogP contribution in [-0.4, -0.2) is 128 Å². The van der Waals surface area contributed by atoms with Gasteiger partial charge in [-0.1, -0.05) is 61.3 Å². The van der Waals surface area contributed by atoms with Gasteiger partial charge in [0, 0.05) is 30.1 Å². The van der Waals surface area contributed by atoms with Crippen LogP contribution in [0.25, 0.3) is 0 Å². The van der Waals surface area contributed by atoms with Crippen LogP contribution in [-0.2, 0) is 14.4 Å². The molecule has 0 fully saturated rings. The van der Waals surface area contributed by atoms with Crippen molar-refractivity contribution in [3.05, 3.63) is 38.0 Å². The van der Waals surface area contributed by atoms with Crippen molar-refractivity contribution in [3.63, 3.8) is 0 Å². The van der Waals surface area contributed by atoms with Gasteiger partial charge in [0.25, 0.3) is 0 Å². The van der Waals surface area contributed by atoms with E-state index in [1.54, 1.807) is 0 Å². The highest BCUT2D eigenvalue weighted by Gasteiger charge is 2.49. The summed E-state index contributed by atoms with van der Waals surface area (Å²) < 4.78 is 0. The molecule has 0 unspecified atom stereocenters. The van der Waals surface area contributed by atoms with Crippen LogP contribution in [0.3, 0.4) is 0 Å². The van der Waals surface area contributed by atoms with E-state index in [0.717, 1.165) is 57.5 Å². The van der Waals surface area contributed by atoms with E-state index in [0.29, 0.717) is 6.42 Å². The van der Waals surface area contributed by atoms with Gasteiger partial charge in [-0.3, -0.25) is 14.7 Å². The second kappa shape index (κ2) is 25.7. The number of rotatable bonds is 17. The standard InChI is InChI=1S/C18H41N3O3.3C3H4O2/c1-7-19(8-2)18(20(9-3)10-4,21(11-5)12-6)13-17(14-22,15-23)16-24;3*1-2-3(4)5/h22-24H,7-16H2,1-6H3;3*2H,1H2,(H,4,5). The van der Waals surface area contributed by atoms with E-state index < -0.39 is 29.1 Å². The Labute approximate surface area is 234 Å². The summed E-state index contributed by atoms with van der Waals surface area (Å²) in [6, 6.07) is 0. The van der Waals surface area contributed by atoms with Crippen LogP contribution in [0.1, 0.15) is 48.0 Å². The predicted molar refractivity (Wildman–Crippen MR) is 153 cm³/mol. The maximum Gasteiger partial charge on any atom is 0.327 e. The summed E-state index contributed by atoms with van der Waals surface area (Å²) in [6.07, 6.45) is 2.99. The van der Waals surface area contributed by atoms with Crippen molar-refractivity contribution < 1.29 is 45.0 Å². The Bertz CT molecular complexity index is 604. The fourth-order valence-electron chi connectivity index (χ4n) is 3.95. The smallest absolute Gasteiger partial charge is 0.327 e. The number of aliphatic hydroxyl groups is 3. The van der Waals surface area contributed by atoms with Crippen molar-refractivity contribution in [1.82, 2.24) is 14.7 Å². The average Bonchev–Trinajstić information content (AvgIpc) is 2.94. The van der Waals surface area contributed by atoms with Crippen molar-refractivity contribution in [3.8, 4) is 0 Å². The molecule has 0 radical (unpaired) electrons. The first-order chi connectivity index (χ1) is 18.3. The number of carboxylic acid groups (broad SMARTS) is 3. The second-order valence-corrected chi connectivity index (χ2v) is 8.07. The zero-order valence-electron chi connectivity index (χ0n) is 24.7. The highest BCUT2D eigenvalue weighted by atomic mass is 16.4. The molecule has 0 heterocycles. The van der Waals surface area contributed by atoms with Gasteiger partial charge in [0.1, 0.15) is 5.79 Å². The molecule has 0 aromatic rings. The number of hydrogen-bond acceptors (Lipinski definition) is 9. The molecule has 12 nitrogen and oxygen atoms in total. The maximum absolute atomic E-state index is 9.95. The zero-order valence-corrected chi connectivity index (χ0v) is 24.7. The molecule has 0 spiro atoms. The Morgan fingerprint density at radius 1 is 0.564 bits per heavy atom. The molecular weight excluding hydrogens is 510 g/mol. The van der Waals surface area contributed by atoms with Crippen LogP contribution >= 0.6 is 0 Å². The molecule has 0 aromatic carbocycles. The summed E-state index contributed by atoms with van der Waals surface area (Å²) >= 11 is 0. The Hall–Kier alpha value is -2.61. The second-order valence-electron chi connectivity index (χ2n) is 8.07. The lowest BCUT2D eigenvalue weighted by atomic mass is 9.81. The summed E-state index contributed by atoms with van der Waals surface area (Å²) in [6.45, 7) is 26.2. The molecule has 0 amide bonds. The molecule has 0 aromatic heterocycles. The first kappa shape index (κ1) is 43.4. The van der Waals surface area contributed by atoms with Gasteiger partial charge in [-0.2, -0.15) is 0 Å². The molecule has 0 bridgehead atoms. The molecule has 0 saturated carbocycles. The van der Waals surface area contributed by atoms with Gasteiger partial charge < -0.3 is 30.6 Å². The van der Waals surface area contributed by atoms with Crippen molar-refractivity contribution in [1.29, 1.82) is 0 Å². The quantitative estimate of drug-likeness (QED) is 0.112. The third-order valence-corrected chi connectivity index (χ3v) is 5.95. The minimum atomic E-state index is -0.981. The highest BCUT2D eigenvalue weighted by molar-refractivity contribution is 5.79. The van der Waals surface area contributed by atoms with E-state index in [1.807, 2.05) is 0 Å². The van der Waals surface area contributed by atoms with Gasteiger partial charge in [0.15, 0.2) is 0 Å². The Kier molecular flexibility index (Phi) is 28.6. The lowest BCUT2D eigenvalue weighted by Gasteiger charge is -2.58. The van der Waals surface area contributed by atoms with E-state index in [2.05, 4.69) is 76.0 Å². The van der Waals surface area contributed by atoms with Crippen molar-refractivity contribution in [2.45, 2.75) is 53.8 Å². The minimum Gasteiger partial charge on any atom is -0.478 e. The molecule has 12 heteroatoms. The fourth-order valence-corrected chi connectivity index (χ4v) is 3.95. The minimum absolute atomic E-state index is 0.231. The lowest BCUT2D eigenvalue weighted by molar-refractivity contribution is -0.197. The molecule has 0 aliphatic heterocycles. The molecular formula is C27H53N3O9.